The number of carboxylic acids is 1. The molecule has 1 N–H and O–H groups in total. The minimum Gasteiger partial charge on any atom is -0.481 e. The Morgan fingerprint density at radius 2 is 1.96 bits per heavy atom. The second-order valence-electron chi connectivity index (χ2n) is 6.07. The van der Waals surface area contributed by atoms with Gasteiger partial charge in [0.15, 0.2) is 9.84 Å². The minimum atomic E-state index is -3.45. The number of Topliss-reactive ketones (excluding diaryl/α,β-unsaturated/α-hetero) is 1. The molecule has 0 spiro atoms. The van der Waals surface area contributed by atoms with Crippen LogP contribution in [0.2, 0.25) is 5.02 Å². The zero-order valence-corrected chi connectivity index (χ0v) is 14.4. The summed E-state index contributed by atoms with van der Waals surface area (Å²) in [5.74, 6) is -1.31. The van der Waals surface area contributed by atoms with E-state index >= 15 is 0 Å². The highest BCUT2D eigenvalue weighted by Crippen LogP contribution is 2.34. The summed E-state index contributed by atoms with van der Waals surface area (Å²) in [6.45, 7) is 0. The Hall–Kier alpha value is -1.40. The van der Waals surface area contributed by atoms with E-state index in [1.807, 2.05) is 0 Å². The smallest absolute Gasteiger partial charge is 0.310 e. The van der Waals surface area contributed by atoms with Gasteiger partial charge in [0.1, 0.15) is 5.78 Å². The van der Waals surface area contributed by atoms with Gasteiger partial charge < -0.3 is 5.11 Å². The van der Waals surface area contributed by atoms with Crippen LogP contribution >= 0.6 is 11.6 Å². The fourth-order valence-electron chi connectivity index (χ4n) is 2.98. The molecule has 1 aliphatic carbocycles. The fraction of sp³-hybridized carbons (Fsp3) is 0.500. The number of carbonyl (C=O) groups is 2. The number of hydrogen-bond donors (Lipinski definition) is 1. The van der Waals surface area contributed by atoms with Crippen molar-refractivity contribution in [3.05, 3.63) is 28.8 Å². The summed E-state index contributed by atoms with van der Waals surface area (Å²) in [4.78, 5) is 22.9. The predicted molar refractivity (Wildman–Crippen MR) is 86.5 cm³/mol. The molecule has 5 nitrogen and oxygen atoms in total. The van der Waals surface area contributed by atoms with E-state index in [0.717, 1.165) is 6.26 Å². The van der Waals surface area contributed by atoms with Gasteiger partial charge in [0.05, 0.1) is 15.8 Å². The standard InChI is InChI=1S/C16H19ClO5S/c1-23(21,22)15-7-4-11(9-14(15)17)13(16(19)20)8-10-2-5-12(18)6-3-10/h4,7,9-10,13H,2-3,5-6,8H2,1H3,(H,19,20). The Kier molecular flexibility index (Phi) is 5.47. The van der Waals surface area contributed by atoms with Gasteiger partial charge in [-0.25, -0.2) is 8.42 Å². The van der Waals surface area contributed by atoms with Crippen LogP contribution in [0.15, 0.2) is 23.1 Å². The van der Waals surface area contributed by atoms with Crippen LogP contribution in [0.1, 0.15) is 43.6 Å². The topological polar surface area (TPSA) is 88.5 Å². The molecule has 7 heteroatoms. The molecule has 1 unspecified atom stereocenters. The molecule has 0 amide bonds. The molecular formula is C16H19ClO5S. The fourth-order valence-corrected chi connectivity index (χ4v) is 4.32. The summed E-state index contributed by atoms with van der Waals surface area (Å²) in [5, 5.41) is 9.54. The van der Waals surface area contributed by atoms with E-state index in [0.29, 0.717) is 37.7 Å². The number of halogens is 1. The van der Waals surface area contributed by atoms with Crippen molar-refractivity contribution >= 4 is 33.2 Å². The van der Waals surface area contributed by atoms with Crippen LogP contribution < -0.4 is 0 Å². The highest BCUT2D eigenvalue weighted by atomic mass is 35.5. The van der Waals surface area contributed by atoms with Gasteiger partial charge in [-0.05, 0) is 42.9 Å². The molecule has 0 radical (unpaired) electrons. The van der Waals surface area contributed by atoms with E-state index in [4.69, 9.17) is 11.6 Å². The number of hydrogen-bond acceptors (Lipinski definition) is 4. The van der Waals surface area contributed by atoms with Crippen molar-refractivity contribution in [3.63, 3.8) is 0 Å². The first-order valence-electron chi connectivity index (χ1n) is 7.42. The van der Waals surface area contributed by atoms with E-state index in [-0.39, 0.29) is 21.6 Å². The van der Waals surface area contributed by atoms with Gasteiger partial charge in [-0.1, -0.05) is 17.7 Å². The summed E-state index contributed by atoms with van der Waals surface area (Å²) >= 11 is 6.01. The molecule has 23 heavy (non-hydrogen) atoms. The van der Waals surface area contributed by atoms with Crippen molar-refractivity contribution < 1.29 is 23.1 Å². The second-order valence-corrected chi connectivity index (χ2v) is 8.46. The van der Waals surface area contributed by atoms with Crippen molar-refractivity contribution in [2.24, 2.45) is 5.92 Å². The number of ketones is 1. The molecule has 1 aromatic rings. The van der Waals surface area contributed by atoms with Crippen molar-refractivity contribution in [2.75, 3.05) is 6.26 Å². The summed E-state index contributed by atoms with van der Waals surface area (Å²) < 4.78 is 23.2. The first kappa shape index (κ1) is 17.9. The Morgan fingerprint density at radius 1 is 1.35 bits per heavy atom. The monoisotopic (exact) mass is 358 g/mol. The van der Waals surface area contributed by atoms with Crippen molar-refractivity contribution in [2.45, 2.75) is 42.9 Å². The van der Waals surface area contributed by atoms with Crippen molar-refractivity contribution in [1.29, 1.82) is 0 Å². The lowest BCUT2D eigenvalue weighted by atomic mass is 9.80. The summed E-state index contributed by atoms with van der Waals surface area (Å²) in [6.07, 6.45) is 3.91. The van der Waals surface area contributed by atoms with Gasteiger partial charge in [-0.15, -0.1) is 0 Å². The number of sulfone groups is 1. The molecule has 0 bridgehead atoms. The van der Waals surface area contributed by atoms with Crippen LogP contribution in [0, 0.1) is 5.92 Å². The lowest BCUT2D eigenvalue weighted by Gasteiger charge is -2.24. The molecule has 1 saturated carbocycles. The molecule has 1 fully saturated rings. The highest BCUT2D eigenvalue weighted by molar-refractivity contribution is 7.90. The van der Waals surface area contributed by atoms with E-state index in [2.05, 4.69) is 0 Å². The van der Waals surface area contributed by atoms with Crippen LogP contribution in [-0.4, -0.2) is 31.5 Å². The maximum Gasteiger partial charge on any atom is 0.310 e. The van der Waals surface area contributed by atoms with Gasteiger partial charge in [0, 0.05) is 19.1 Å². The van der Waals surface area contributed by atoms with E-state index in [1.165, 1.54) is 18.2 Å². The van der Waals surface area contributed by atoms with Crippen molar-refractivity contribution in [3.8, 4) is 0 Å². The zero-order valence-electron chi connectivity index (χ0n) is 12.8. The SMILES string of the molecule is CS(=O)(=O)c1ccc(C(CC2CCC(=O)CC2)C(=O)O)cc1Cl. The molecule has 1 aromatic carbocycles. The number of rotatable bonds is 5. The molecule has 0 heterocycles. The van der Waals surface area contributed by atoms with Crippen LogP contribution in [0.4, 0.5) is 0 Å². The van der Waals surface area contributed by atoms with Gasteiger partial charge in [0.2, 0.25) is 0 Å². The quantitative estimate of drug-likeness (QED) is 0.873. The third-order valence-corrected chi connectivity index (χ3v) is 5.87. The van der Waals surface area contributed by atoms with Gasteiger partial charge in [-0.2, -0.15) is 0 Å². The lowest BCUT2D eigenvalue weighted by molar-refractivity contribution is -0.139. The highest BCUT2D eigenvalue weighted by Gasteiger charge is 2.28. The number of aliphatic carboxylic acids is 1. The maximum absolute atomic E-state index is 11.6. The first-order valence-corrected chi connectivity index (χ1v) is 9.69. The largest absolute Gasteiger partial charge is 0.481 e. The number of carboxylic acid groups (broad SMARTS) is 1. The second kappa shape index (κ2) is 7.01. The third-order valence-electron chi connectivity index (χ3n) is 4.29. The average Bonchev–Trinajstić information content (AvgIpc) is 2.44. The first-order chi connectivity index (χ1) is 10.7. The number of benzene rings is 1. The molecular weight excluding hydrogens is 340 g/mol. The Labute approximate surface area is 140 Å². The van der Waals surface area contributed by atoms with Crippen LogP contribution in [0.25, 0.3) is 0 Å². The zero-order chi connectivity index (χ0) is 17.2. The van der Waals surface area contributed by atoms with Crippen LogP contribution in [-0.2, 0) is 19.4 Å². The van der Waals surface area contributed by atoms with Gasteiger partial charge >= 0.3 is 5.97 Å². The molecule has 126 valence electrons. The molecule has 1 aliphatic rings. The van der Waals surface area contributed by atoms with Gasteiger partial charge in [-0.3, -0.25) is 9.59 Å². The Balaban J connectivity index is 2.23. The minimum absolute atomic E-state index is 0.00433. The van der Waals surface area contributed by atoms with E-state index in [9.17, 15) is 23.1 Å². The molecule has 1 atom stereocenters. The molecule has 0 aliphatic heterocycles. The Morgan fingerprint density at radius 3 is 2.43 bits per heavy atom. The van der Waals surface area contributed by atoms with Crippen LogP contribution in [0.5, 0.6) is 0 Å². The predicted octanol–water partition coefficient (Wildman–Crippen LogP) is 3.06. The maximum atomic E-state index is 11.6. The summed E-state index contributed by atoms with van der Waals surface area (Å²) in [6, 6.07) is 4.28. The Bertz CT molecular complexity index is 716. The van der Waals surface area contributed by atoms with Crippen LogP contribution in [0.3, 0.4) is 0 Å². The number of carbonyl (C=O) groups excluding carboxylic acids is 1. The van der Waals surface area contributed by atoms with E-state index < -0.39 is 21.7 Å². The van der Waals surface area contributed by atoms with Gasteiger partial charge in [0.25, 0.3) is 0 Å². The molecule has 0 aromatic heterocycles. The summed E-state index contributed by atoms with van der Waals surface area (Å²) in [5.41, 5.74) is 0.492. The molecule has 0 saturated heterocycles. The average molecular weight is 359 g/mol. The molecule has 2 rings (SSSR count). The van der Waals surface area contributed by atoms with E-state index in [1.54, 1.807) is 0 Å². The van der Waals surface area contributed by atoms with Crippen molar-refractivity contribution in [1.82, 2.24) is 0 Å². The lowest BCUT2D eigenvalue weighted by Crippen LogP contribution is -2.20. The normalized spacial score (nSPS) is 17.9. The third kappa shape index (κ3) is 4.54. The summed E-state index contributed by atoms with van der Waals surface area (Å²) in [7, 11) is -3.45.